The second-order valence-electron chi connectivity index (χ2n) is 15.0. The average Bonchev–Trinajstić information content (AvgIpc) is 3.52. The highest BCUT2D eigenvalue weighted by atomic mass is 32.1. The number of hydrogen-bond acceptors (Lipinski definition) is 8. The fourth-order valence-corrected chi connectivity index (χ4v) is 12.0. The SMILES string of the molecule is Cc1cc2c3c(c1)N(c1c(C)cc4c(c1C)OCCCO4)c1sc4ccccc4c1B3c1c(sc3ccccc13)N2c1c(C)cc2c(c1C)OCCCO2. The predicted molar refractivity (Wildman–Crippen MR) is 226 cm³/mol. The molecule has 0 unspecified atom stereocenters. The van der Waals surface area contributed by atoms with E-state index in [1.54, 1.807) is 0 Å². The first-order chi connectivity index (χ1) is 26.4. The first-order valence-corrected chi connectivity index (χ1v) is 20.6. The van der Waals surface area contributed by atoms with Crippen LogP contribution in [0.5, 0.6) is 23.0 Å². The van der Waals surface area contributed by atoms with Gasteiger partial charge in [0.15, 0.2) is 23.0 Å². The molecule has 0 spiro atoms. The van der Waals surface area contributed by atoms with Gasteiger partial charge in [-0.1, -0.05) is 36.4 Å². The maximum absolute atomic E-state index is 6.46. The van der Waals surface area contributed by atoms with E-state index < -0.39 is 0 Å². The molecule has 5 aromatic carbocycles. The van der Waals surface area contributed by atoms with Gasteiger partial charge in [0, 0.05) is 44.7 Å². The highest BCUT2D eigenvalue weighted by Crippen LogP contribution is 2.55. The molecule has 268 valence electrons. The van der Waals surface area contributed by atoms with Crippen molar-refractivity contribution < 1.29 is 18.9 Å². The van der Waals surface area contributed by atoms with Gasteiger partial charge in [-0.25, -0.2) is 0 Å². The molecule has 0 N–H and O–H groups in total. The van der Waals surface area contributed by atoms with Crippen molar-refractivity contribution in [2.45, 2.75) is 47.5 Å². The van der Waals surface area contributed by atoms with E-state index in [9.17, 15) is 0 Å². The van der Waals surface area contributed by atoms with Crippen LogP contribution in [0.4, 0.5) is 32.8 Å². The number of aryl methyl sites for hydroxylation is 3. The summed E-state index contributed by atoms with van der Waals surface area (Å²) in [5, 5.41) is 5.16. The van der Waals surface area contributed by atoms with E-state index in [1.807, 2.05) is 22.7 Å². The van der Waals surface area contributed by atoms with Gasteiger partial charge in [-0.2, -0.15) is 0 Å². The van der Waals surface area contributed by atoms with Crippen LogP contribution in [0, 0.1) is 34.6 Å². The molecule has 0 atom stereocenters. The second kappa shape index (κ2) is 11.9. The van der Waals surface area contributed by atoms with E-state index in [2.05, 4.69) is 117 Å². The van der Waals surface area contributed by atoms with Gasteiger partial charge in [0.2, 0.25) is 0 Å². The van der Waals surface area contributed by atoms with Gasteiger partial charge in [0.05, 0.1) is 47.8 Å². The summed E-state index contributed by atoms with van der Waals surface area (Å²) in [6.07, 6.45) is 1.73. The lowest BCUT2D eigenvalue weighted by Crippen LogP contribution is -2.60. The molecular formula is C45H39BN2O4S2. The number of hydrogen-bond donors (Lipinski definition) is 0. The van der Waals surface area contributed by atoms with Crippen LogP contribution in [0.15, 0.2) is 72.8 Å². The summed E-state index contributed by atoms with van der Waals surface area (Å²) in [6, 6.07) is 27.2. The zero-order chi connectivity index (χ0) is 36.4. The summed E-state index contributed by atoms with van der Waals surface area (Å²) in [7, 11) is 0. The summed E-state index contributed by atoms with van der Waals surface area (Å²) in [6.45, 7) is 13.7. The minimum atomic E-state index is 0.0300. The summed E-state index contributed by atoms with van der Waals surface area (Å²) in [5.74, 6) is 3.38. The maximum Gasteiger partial charge on any atom is 0.256 e. The van der Waals surface area contributed by atoms with Gasteiger partial charge in [0.25, 0.3) is 6.71 Å². The van der Waals surface area contributed by atoms with Gasteiger partial charge in [-0.3, -0.25) is 0 Å². The van der Waals surface area contributed by atoms with E-state index in [0.29, 0.717) is 26.4 Å². The zero-order valence-corrected chi connectivity index (χ0v) is 32.7. The number of benzene rings is 5. The van der Waals surface area contributed by atoms with Gasteiger partial charge in [-0.15, -0.1) is 22.7 Å². The first-order valence-electron chi connectivity index (χ1n) is 19.0. The van der Waals surface area contributed by atoms with E-state index in [4.69, 9.17) is 18.9 Å². The molecule has 11 rings (SSSR count). The molecule has 0 saturated heterocycles. The Labute approximate surface area is 323 Å². The van der Waals surface area contributed by atoms with Crippen LogP contribution in [-0.2, 0) is 0 Å². The van der Waals surface area contributed by atoms with Crippen molar-refractivity contribution in [2.24, 2.45) is 0 Å². The molecule has 0 fully saturated rings. The molecule has 0 amide bonds. The van der Waals surface area contributed by atoms with Crippen molar-refractivity contribution in [3.63, 3.8) is 0 Å². The number of ether oxygens (including phenoxy) is 4. The quantitative estimate of drug-likeness (QED) is 0.164. The fraction of sp³-hybridized carbons (Fsp3) is 0.244. The Morgan fingerprint density at radius 3 is 1.46 bits per heavy atom. The van der Waals surface area contributed by atoms with Crippen molar-refractivity contribution in [2.75, 3.05) is 36.2 Å². The summed E-state index contributed by atoms with van der Waals surface area (Å²) < 4.78 is 28.0. The van der Waals surface area contributed by atoms with Crippen molar-refractivity contribution in [3.05, 3.63) is 101 Å². The van der Waals surface area contributed by atoms with Crippen molar-refractivity contribution in [1.29, 1.82) is 0 Å². The minimum Gasteiger partial charge on any atom is -0.490 e. The summed E-state index contributed by atoms with van der Waals surface area (Å²) in [5.41, 5.74) is 14.6. The van der Waals surface area contributed by atoms with Crippen LogP contribution in [0.3, 0.4) is 0 Å². The van der Waals surface area contributed by atoms with Crippen LogP contribution in [0.25, 0.3) is 20.2 Å². The van der Waals surface area contributed by atoms with Crippen molar-refractivity contribution in [1.82, 2.24) is 0 Å². The number of rotatable bonds is 2. The van der Waals surface area contributed by atoms with E-state index in [1.165, 1.54) is 63.5 Å². The van der Waals surface area contributed by atoms with Crippen molar-refractivity contribution >= 4 is 98.7 Å². The molecule has 0 bridgehead atoms. The molecule has 0 saturated carbocycles. The lowest BCUT2D eigenvalue weighted by atomic mass is 9.33. The Bertz CT molecular complexity index is 2550. The second-order valence-corrected chi connectivity index (χ2v) is 17.1. The number of fused-ring (bicyclic) bond motifs is 10. The van der Waals surface area contributed by atoms with Crippen LogP contribution in [0.1, 0.15) is 40.7 Å². The lowest BCUT2D eigenvalue weighted by Gasteiger charge is -2.43. The molecule has 0 radical (unpaired) electrons. The van der Waals surface area contributed by atoms with E-state index in [-0.39, 0.29) is 6.71 Å². The standard InChI is InChI=1S/C45H39BN2O4S2/c1-24-20-31-39-32(21-24)48(41-26(3)23-34-43(28(41)5)52-19-11-17-50-34)45-38(30-13-7-9-15-36(30)54-45)46(39)37-29-12-6-8-14-35(29)53-44(37)47(31)40-25(2)22-33-42(27(40)4)51-18-10-16-49-33/h6-9,12-15,20-23H,10-11,16-19H2,1-5H3. The average molecular weight is 747 g/mol. The van der Waals surface area contributed by atoms with Gasteiger partial charge >= 0.3 is 0 Å². The minimum absolute atomic E-state index is 0.0300. The normalized spacial score (nSPS) is 15.5. The van der Waals surface area contributed by atoms with Crippen LogP contribution >= 0.6 is 22.7 Å². The first kappa shape index (κ1) is 32.3. The molecule has 6 nitrogen and oxygen atoms in total. The largest absolute Gasteiger partial charge is 0.490 e. The third-order valence-corrected chi connectivity index (χ3v) is 13.9. The highest BCUT2D eigenvalue weighted by molar-refractivity contribution is 7.29. The monoisotopic (exact) mass is 746 g/mol. The molecule has 9 heteroatoms. The van der Waals surface area contributed by atoms with Crippen LogP contribution < -0.4 is 45.1 Å². The van der Waals surface area contributed by atoms with Crippen molar-refractivity contribution in [3.8, 4) is 23.0 Å². The third kappa shape index (κ3) is 4.45. The summed E-state index contributed by atoms with van der Waals surface area (Å²) >= 11 is 3.79. The smallest absolute Gasteiger partial charge is 0.256 e. The number of thiophene rings is 2. The van der Waals surface area contributed by atoms with Crippen LogP contribution in [-0.4, -0.2) is 33.1 Å². The topological polar surface area (TPSA) is 43.4 Å². The Kier molecular flexibility index (Phi) is 7.15. The van der Waals surface area contributed by atoms with Gasteiger partial charge in [-0.05, 0) is 115 Å². The zero-order valence-electron chi connectivity index (χ0n) is 31.1. The predicted octanol–water partition coefficient (Wildman–Crippen LogP) is 10.1. The number of anilines is 6. The maximum atomic E-state index is 6.46. The summed E-state index contributed by atoms with van der Waals surface area (Å²) in [4.78, 5) is 5.12. The van der Waals surface area contributed by atoms with E-state index >= 15 is 0 Å². The Morgan fingerprint density at radius 1 is 0.537 bits per heavy atom. The van der Waals surface area contributed by atoms with Crippen LogP contribution in [0.2, 0.25) is 0 Å². The number of nitrogens with zero attached hydrogens (tertiary/aromatic N) is 2. The molecule has 4 aliphatic heterocycles. The third-order valence-electron chi connectivity index (χ3n) is 11.6. The van der Waals surface area contributed by atoms with Gasteiger partial charge in [0.1, 0.15) is 0 Å². The van der Waals surface area contributed by atoms with E-state index in [0.717, 1.165) is 69.5 Å². The molecule has 0 aliphatic carbocycles. The molecule has 4 aliphatic rings. The highest BCUT2D eigenvalue weighted by Gasteiger charge is 2.48. The van der Waals surface area contributed by atoms with Gasteiger partial charge < -0.3 is 28.7 Å². The molecule has 6 heterocycles. The molecular weight excluding hydrogens is 707 g/mol. The molecule has 54 heavy (non-hydrogen) atoms. The lowest BCUT2D eigenvalue weighted by molar-refractivity contribution is 0.296. The molecule has 2 aromatic heterocycles. The Hall–Kier alpha value is -5.12. The Balaban J connectivity index is 1.28. The Morgan fingerprint density at radius 2 is 0.981 bits per heavy atom. The molecule has 7 aromatic rings. The fourth-order valence-electron chi connectivity index (χ4n) is 9.45.